The predicted molar refractivity (Wildman–Crippen MR) is 118 cm³/mol. The average Bonchev–Trinajstić information content (AvgIpc) is 2.75. The highest BCUT2D eigenvalue weighted by atomic mass is 19.1. The number of nitrogens with zero attached hydrogens (tertiary/aromatic N) is 2. The van der Waals surface area contributed by atoms with Crippen molar-refractivity contribution in [2.75, 3.05) is 23.3 Å². The van der Waals surface area contributed by atoms with Crippen molar-refractivity contribution < 1.29 is 8.78 Å². The molecule has 1 saturated heterocycles. The number of hydrogen-bond acceptors (Lipinski definition) is 3. The minimum atomic E-state index is -0.548. The molecule has 3 nitrogen and oxygen atoms in total. The largest absolute Gasteiger partial charge is 0.370 e. The van der Waals surface area contributed by atoms with E-state index in [2.05, 4.69) is 36.0 Å². The van der Waals surface area contributed by atoms with E-state index in [0.29, 0.717) is 34.7 Å². The maximum Gasteiger partial charge on any atom is 0.129 e. The molecule has 2 aromatic carbocycles. The van der Waals surface area contributed by atoms with E-state index < -0.39 is 11.6 Å². The van der Waals surface area contributed by atoms with E-state index in [0.717, 1.165) is 43.4 Å². The summed E-state index contributed by atoms with van der Waals surface area (Å²) in [7, 11) is 0. The molecular formula is C25H25F2N3. The van der Waals surface area contributed by atoms with Crippen molar-refractivity contribution in [3.8, 4) is 6.07 Å². The highest BCUT2D eigenvalue weighted by Gasteiger charge is 2.23. The van der Waals surface area contributed by atoms with Crippen molar-refractivity contribution in [2.24, 2.45) is 5.92 Å². The summed E-state index contributed by atoms with van der Waals surface area (Å²) in [5, 5.41) is 12.5. The fourth-order valence-electron chi connectivity index (χ4n) is 3.72. The van der Waals surface area contributed by atoms with Gasteiger partial charge in [0.1, 0.15) is 11.6 Å². The zero-order chi connectivity index (χ0) is 21.7. The van der Waals surface area contributed by atoms with E-state index in [1.54, 1.807) is 18.2 Å². The lowest BCUT2D eigenvalue weighted by Gasteiger charge is -2.35. The van der Waals surface area contributed by atoms with Crippen molar-refractivity contribution in [1.29, 1.82) is 5.26 Å². The smallest absolute Gasteiger partial charge is 0.129 e. The van der Waals surface area contributed by atoms with Crippen molar-refractivity contribution in [3.63, 3.8) is 0 Å². The van der Waals surface area contributed by atoms with Crippen LogP contribution in [0, 0.1) is 28.9 Å². The average molecular weight is 405 g/mol. The first-order valence-electron chi connectivity index (χ1n) is 9.92. The highest BCUT2D eigenvalue weighted by molar-refractivity contribution is 5.75. The highest BCUT2D eigenvalue weighted by Crippen LogP contribution is 2.33. The zero-order valence-electron chi connectivity index (χ0n) is 16.9. The van der Waals surface area contributed by atoms with Crippen LogP contribution in [0.1, 0.15) is 24.0 Å². The number of halogens is 2. The number of rotatable bonds is 7. The molecule has 154 valence electrons. The molecule has 0 saturated carbocycles. The van der Waals surface area contributed by atoms with Crippen LogP contribution < -0.4 is 10.2 Å². The summed E-state index contributed by atoms with van der Waals surface area (Å²) in [6, 6.07) is 11.5. The quantitative estimate of drug-likeness (QED) is 0.578. The topological polar surface area (TPSA) is 39.1 Å². The number of nitrogens with one attached hydrogen (secondary N) is 1. The van der Waals surface area contributed by atoms with Gasteiger partial charge < -0.3 is 10.2 Å². The second-order valence-electron chi connectivity index (χ2n) is 7.55. The van der Waals surface area contributed by atoms with E-state index in [-0.39, 0.29) is 0 Å². The molecule has 0 amide bonds. The predicted octanol–water partition coefficient (Wildman–Crippen LogP) is 5.96. The number of hydrogen-bond donors (Lipinski definition) is 1. The van der Waals surface area contributed by atoms with Crippen LogP contribution in [0.15, 0.2) is 73.5 Å². The number of piperidine rings is 1. The van der Waals surface area contributed by atoms with Crippen LogP contribution in [0.2, 0.25) is 0 Å². The van der Waals surface area contributed by atoms with Gasteiger partial charge in [0.2, 0.25) is 0 Å². The Balaban J connectivity index is 1.71. The first kappa shape index (κ1) is 21.3. The van der Waals surface area contributed by atoms with Gasteiger partial charge in [-0.25, -0.2) is 8.78 Å². The summed E-state index contributed by atoms with van der Waals surface area (Å²) < 4.78 is 27.1. The molecule has 0 unspecified atom stereocenters. The number of allylic oxidation sites excluding steroid dienone is 1. The van der Waals surface area contributed by atoms with Gasteiger partial charge in [-0.2, -0.15) is 5.26 Å². The van der Waals surface area contributed by atoms with Gasteiger partial charge in [0.15, 0.2) is 0 Å². The SMILES string of the molecule is C=CC(=C)C(=C)Nc1cc(C#N)ccc1N1CCC(Cc2ccc(F)cc2F)CC1. The Kier molecular flexibility index (Phi) is 6.68. The molecule has 2 aromatic rings. The van der Waals surface area contributed by atoms with Crippen molar-refractivity contribution in [1.82, 2.24) is 0 Å². The summed E-state index contributed by atoms with van der Waals surface area (Å²) >= 11 is 0. The van der Waals surface area contributed by atoms with Crippen LogP contribution in [-0.2, 0) is 6.42 Å². The van der Waals surface area contributed by atoms with Gasteiger partial charge in [0.05, 0.1) is 23.0 Å². The van der Waals surface area contributed by atoms with E-state index in [4.69, 9.17) is 0 Å². The van der Waals surface area contributed by atoms with Crippen LogP contribution in [-0.4, -0.2) is 13.1 Å². The summed E-state index contributed by atoms with van der Waals surface area (Å²) in [6.07, 6.45) is 4.03. The summed E-state index contributed by atoms with van der Waals surface area (Å²) in [4.78, 5) is 2.25. The molecule has 0 radical (unpaired) electrons. The van der Waals surface area contributed by atoms with Crippen LogP contribution in [0.25, 0.3) is 0 Å². The second kappa shape index (κ2) is 9.41. The lowest BCUT2D eigenvalue weighted by atomic mass is 9.89. The molecule has 1 N–H and O–H groups in total. The van der Waals surface area contributed by atoms with Gasteiger partial charge >= 0.3 is 0 Å². The Bertz CT molecular complexity index is 1010. The maximum atomic E-state index is 14.0. The lowest BCUT2D eigenvalue weighted by Crippen LogP contribution is -2.34. The monoisotopic (exact) mass is 405 g/mol. The van der Waals surface area contributed by atoms with Gasteiger partial charge in [-0.05, 0) is 60.6 Å². The summed E-state index contributed by atoms with van der Waals surface area (Å²) in [6.45, 7) is 13.2. The molecule has 1 fully saturated rings. The van der Waals surface area contributed by atoms with Crippen molar-refractivity contribution >= 4 is 11.4 Å². The third kappa shape index (κ3) is 4.96. The van der Waals surface area contributed by atoms with Gasteiger partial charge in [-0.15, -0.1) is 0 Å². The zero-order valence-corrected chi connectivity index (χ0v) is 16.9. The van der Waals surface area contributed by atoms with E-state index in [1.807, 2.05) is 6.07 Å². The molecule has 5 heteroatoms. The van der Waals surface area contributed by atoms with Crippen molar-refractivity contribution in [2.45, 2.75) is 19.3 Å². The number of anilines is 2. The fourth-order valence-corrected chi connectivity index (χ4v) is 3.72. The minimum absolute atomic E-state index is 0.339. The summed E-state index contributed by atoms with van der Waals surface area (Å²) in [5.41, 5.74) is 4.21. The fraction of sp³-hybridized carbons (Fsp3) is 0.240. The van der Waals surface area contributed by atoms with Crippen LogP contribution >= 0.6 is 0 Å². The van der Waals surface area contributed by atoms with E-state index in [1.165, 1.54) is 12.1 Å². The van der Waals surface area contributed by atoms with Crippen molar-refractivity contribution in [3.05, 3.63) is 96.2 Å². The van der Waals surface area contributed by atoms with Crippen LogP contribution in [0.3, 0.4) is 0 Å². The third-order valence-corrected chi connectivity index (χ3v) is 5.52. The Morgan fingerprint density at radius 2 is 1.90 bits per heavy atom. The second-order valence-corrected chi connectivity index (χ2v) is 7.55. The van der Waals surface area contributed by atoms with Crippen LogP contribution in [0.5, 0.6) is 0 Å². The molecule has 1 heterocycles. The Morgan fingerprint density at radius 1 is 1.17 bits per heavy atom. The van der Waals surface area contributed by atoms with Gasteiger partial charge in [-0.1, -0.05) is 31.9 Å². The molecule has 0 aromatic heterocycles. The van der Waals surface area contributed by atoms with E-state index in [9.17, 15) is 14.0 Å². The first-order valence-corrected chi connectivity index (χ1v) is 9.92. The minimum Gasteiger partial charge on any atom is -0.370 e. The maximum absolute atomic E-state index is 14.0. The molecule has 0 spiro atoms. The Hall–Kier alpha value is -3.39. The molecule has 0 aliphatic carbocycles. The molecule has 0 atom stereocenters. The molecule has 3 rings (SSSR count). The van der Waals surface area contributed by atoms with Crippen LogP contribution in [0.4, 0.5) is 20.2 Å². The Morgan fingerprint density at radius 3 is 2.53 bits per heavy atom. The third-order valence-electron chi connectivity index (χ3n) is 5.52. The van der Waals surface area contributed by atoms with Gasteiger partial charge in [-0.3, -0.25) is 0 Å². The Labute approximate surface area is 176 Å². The standard InChI is InChI=1S/C25H25F2N3/c1-4-17(2)18(3)29-24-14-20(16-28)5-8-25(24)30-11-9-19(10-12-30)13-21-6-7-22(26)15-23(21)27/h4-8,14-15,19,29H,1-3,9-13H2. The lowest BCUT2D eigenvalue weighted by molar-refractivity contribution is 0.397. The van der Waals surface area contributed by atoms with Gasteiger partial charge in [0, 0.05) is 24.9 Å². The molecule has 0 bridgehead atoms. The normalized spacial score (nSPS) is 14.1. The number of benzene rings is 2. The molecule has 1 aliphatic rings. The molecule has 30 heavy (non-hydrogen) atoms. The van der Waals surface area contributed by atoms with Gasteiger partial charge in [0.25, 0.3) is 0 Å². The number of nitriles is 1. The molecule has 1 aliphatic heterocycles. The molecular weight excluding hydrogens is 380 g/mol. The first-order chi connectivity index (χ1) is 14.4. The van der Waals surface area contributed by atoms with E-state index >= 15 is 0 Å². The summed E-state index contributed by atoms with van der Waals surface area (Å²) in [5.74, 6) is -0.684.